The van der Waals surface area contributed by atoms with Gasteiger partial charge in [0.25, 0.3) is 0 Å². The smallest absolute Gasteiger partial charge is 0.233 e. The lowest BCUT2D eigenvalue weighted by Crippen LogP contribution is -2.18. The number of benzene rings is 2. The van der Waals surface area contributed by atoms with E-state index in [4.69, 9.17) is 0 Å². The molecule has 0 aliphatic heterocycles. The predicted octanol–water partition coefficient (Wildman–Crippen LogP) is 5.55. The van der Waals surface area contributed by atoms with E-state index in [0.29, 0.717) is 11.0 Å². The van der Waals surface area contributed by atoms with Crippen molar-refractivity contribution in [3.63, 3.8) is 0 Å². The van der Waals surface area contributed by atoms with Gasteiger partial charge in [-0.05, 0) is 55.0 Å². The molecule has 0 unspecified atom stereocenters. The molecule has 0 saturated heterocycles. The van der Waals surface area contributed by atoms with Gasteiger partial charge in [0.2, 0.25) is 5.91 Å². The molecule has 1 amide bonds. The van der Waals surface area contributed by atoms with Gasteiger partial charge in [0, 0.05) is 0 Å². The Balaban J connectivity index is 1.70. The average molecular weight is 353 g/mol. The number of aryl methyl sites for hydroxylation is 1. The molecule has 3 rings (SSSR count). The van der Waals surface area contributed by atoms with Crippen molar-refractivity contribution in [1.82, 2.24) is 4.98 Å². The lowest BCUT2D eigenvalue weighted by molar-refractivity contribution is -0.117. The lowest BCUT2D eigenvalue weighted by Gasteiger charge is -2.12. The zero-order valence-electron chi connectivity index (χ0n) is 15.2. The van der Waals surface area contributed by atoms with E-state index in [0.717, 1.165) is 22.2 Å². The van der Waals surface area contributed by atoms with Gasteiger partial charge in [-0.1, -0.05) is 55.5 Å². The summed E-state index contributed by atoms with van der Waals surface area (Å²) in [6, 6.07) is 14.5. The summed E-state index contributed by atoms with van der Waals surface area (Å²) < 4.78 is 1.10. The van der Waals surface area contributed by atoms with Crippen LogP contribution in [0.3, 0.4) is 0 Å². The fraction of sp³-hybridized carbons (Fsp3) is 0.333. The molecule has 3 aromatic rings. The number of thiazole rings is 1. The number of anilines is 1. The molecule has 0 spiro atoms. The standard InChI is InChI=1S/C21H24N2OS/c1-13(2)11-16-6-8-17(9-7-16)15(4)20(24)23-21-22-18-10-5-14(3)12-19(18)25-21/h5-10,12-13,15H,11H2,1-4H3,(H,22,23,24)/t15-/m1/s1. The molecular formula is C21H24N2OS. The third-order valence-corrected chi connectivity index (χ3v) is 5.22. The Morgan fingerprint density at radius 3 is 2.52 bits per heavy atom. The van der Waals surface area contributed by atoms with Crippen LogP contribution in [0, 0.1) is 12.8 Å². The highest BCUT2D eigenvalue weighted by Gasteiger charge is 2.17. The van der Waals surface area contributed by atoms with E-state index in [2.05, 4.69) is 61.4 Å². The van der Waals surface area contributed by atoms with E-state index in [9.17, 15) is 4.79 Å². The fourth-order valence-electron chi connectivity index (χ4n) is 2.86. The fourth-order valence-corrected chi connectivity index (χ4v) is 3.83. The number of carbonyl (C=O) groups excluding carboxylic acids is 1. The van der Waals surface area contributed by atoms with Crippen molar-refractivity contribution >= 4 is 32.6 Å². The van der Waals surface area contributed by atoms with Gasteiger partial charge < -0.3 is 5.32 Å². The van der Waals surface area contributed by atoms with Gasteiger partial charge in [0.15, 0.2) is 5.13 Å². The molecular weight excluding hydrogens is 328 g/mol. The first kappa shape index (κ1) is 17.6. The van der Waals surface area contributed by atoms with E-state index >= 15 is 0 Å². The molecule has 2 aromatic carbocycles. The van der Waals surface area contributed by atoms with Crippen molar-refractivity contribution in [2.24, 2.45) is 5.92 Å². The van der Waals surface area contributed by atoms with Crippen molar-refractivity contribution in [1.29, 1.82) is 0 Å². The van der Waals surface area contributed by atoms with Crippen molar-refractivity contribution in [2.45, 2.75) is 40.0 Å². The van der Waals surface area contributed by atoms with Gasteiger partial charge in [-0.2, -0.15) is 0 Å². The van der Waals surface area contributed by atoms with Crippen LogP contribution in [0.15, 0.2) is 42.5 Å². The quantitative estimate of drug-likeness (QED) is 0.654. The second-order valence-corrected chi connectivity index (χ2v) is 8.07. The Morgan fingerprint density at radius 1 is 1.12 bits per heavy atom. The summed E-state index contributed by atoms with van der Waals surface area (Å²) >= 11 is 1.52. The Morgan fingerprint density at radius 2 is 1.84 bits per heavy atom. The molecule has 0 aliphatic rings. The summed E-state index contributed by atoms with van der Waals surface area (Å²) in [7, 11) is 0. The Hall–Kier alpha value is -2.20. The number of nitrogens with zero attached hydrogens (tertiary/aromatic N) is 1. The molecule has 0 radical (unpaired) electrons. The molecule has 0 aliphatic carbocycles. The third kappa shape index (κ3) is 4.26. The molecule has 25 heavy (non-hydrogen) atoms. The molecule has 1 aromatic heterocycles. The van der Waals surface area contributed by atoms with Crippen molar-refractivity contribution < 1.29 is 4.79 Å². The summed E-state index contributed by atoms with van der Waals surface area (Å²) in [5, 5.41) is 3.63. The summed E-state index contributed by atoms with van der Waals surface area (Å²) in [5.41, 5.74) is 4.47. The molecule has 0 saturated carbocycles. The van der Waals surface area contributed by atoms with Gasteiger partial charge in [0.05, 0.1) is 16.1 Å². The van der Waals surface area contributed by atoms with E-state index in [1.807, 2.05) is 19.1 Å². The van der Waals surface area contributed by atoms with E-state index in [-0.39, 0.29) is 11.8 Å². The van der Waals surface area contributed by atoms with Gasteiger partial charge in [-0.15, -0.1) is 0 Å². The first-order chi connectivity index (χ1) is 11.9. The van der Waals surface area contributed by atoms with Crippen LogP contribution in [0.25, 0.3) is 10.2 Å². The van der Waals surface area contributed by atoms with Gasteiger partial charge in [-0.25, -0.2) is 4.98 Å². The van der Waals surface area contributed by atoms with Crippen LogP contribution in [0.1, 0.15) is 43.4 Å². The number of carbonyl (C=O) groups is 1. The minimum Gasteiger partial charge on any atom is -0.301 e. The molecule has 1 atom stereocenters. The number of fused-ring (bicyclic) bond motifs is 1. The Kier molecular flexibility index (Phi) is 5.19. The van der Waals surface area contributed by atoms with Crippen LogP contribution in [-0.4, -0.2) is 10.9 Å². The SMILES string of the molecule is Cc1ccc2nc(NC(=O)[C@H](C)c3ccc(CC(C)C)cc3)sc2c1. The van der Waals surface area contributed by atoms with E-state index in [1.54, 1.807) is 0 Å². The molecule has 3 nitrogen and oxygen atoms in total. The summed E-state index contributed by atoms with van der Waals surface area (Å²) in [6.07, 6.45) is 1.06. The molecule has 0 fully saturated rings. The maximum absolute atomic E-state index is 12.6. The predicted molar refractivity (Wildman–Crippen MR) is 106 cm³/mol. The van der Waals surface area contributed by atoms with Gasteiger partial charge >= 0.3 is 0 Å². The normalized spacial score (nSPS) is 12.5. The Labute approximate surface area is 153 Å². The van der Waals surface area contributed by atoms with Crippen LogP contribution in [-0.2, 0) is 11.2 Å². The first-order valence-electron chi connectivity index (χ1n) is 8.69. The van der Waals surface area contributed by atoms with Crippen LogP contribution < -0.4 is 5.32 Å². The first-order valence-corrected chi connectivity index (χ1v) is 9.51. The molecule has 1 N–H and O–H groups in total. The van der Waals surface area contributed by atoms with Gasteiger partial charge in [0.1, 0.15) is 0 Å². The van der Waals surface area contributed by atoms with E-state index < -0.39 is 0 Å². The maximum Gasteiger partial charge on any atom is 0.233 e. The zero-order valence-corrected chi connectivity index (χ0v) is 16.0. The maximum atomic E-state index is 12.6. The number of amides is 1. The lowest BCUT2D eigenvalue weighted by atomic mass is 9.96. The molecule has 0 bridgehead atoms. The van der Waals surface area contributed by atoms with E-state index in [1.165, 1.54) is 22.5 Å². The van der Waals surface area contributed by atoms with Crippen LogP contribution in [0.2, 0.25) is 0 Å². The highest BCUT2D eigenvalue weighted by atomic mass is 32.1. The number of hydrogen-bond acceptors (Lipinski definition) is 3. The monoisotopic (exact) mass is 352 g/mol. The van der Waals surface area contributed by atoms with Crippen molar-refractivity contribution in [2.75, 3.05) is 5.32 Å². The largest absolute Gasteiger partial charge is 0.301 e. The molecule has 1 heterocycles. The third-order valence-electron chi connectivity index (χ3n) is 4.29. The highest BCUT2D eigenvalue weighted by molar-refractivity contribution is 7.22. The number of hydrogen-bond donors (Lipinski definition) is 1. The highest BCUT2D eigenvalue weighted by Crippen LogP contribution is 2.28. The number of aromatic nitrogens is 1. The second kappa shape index (κ2) is 7.36. The molecule has 130 valence electrons. The minimum absolute atomic E-state index is 0.0209. The Bertz CT molecular complexity index is 881. The number of nitrogens with one attached hydrogen (secondary N) is 1. The molecule has 4 heteroatoms. The summed E-state index contributed by atoms with van der Waals surface area (Å²) in [4.78, 5) is 17.1. The summed E-state index contributed by atoms with van der Waals surface area (Å²) in [6.45, 7) is 8.42. The van der Waals surface area contributed by atoms with Crippen LogP contribution in [0.5, 0.6) is 0 Å². The summed E-state index contributed by atoms with van der Waals surface area (Å²) in [5.74, 6) is 0.406. The number of rotatable bonds is 5. The van der Waals surface area contributed by atoms with Crippen LogP contribution in [0.4, 0.5) is 5.13 Å². The van der Waals surface area contributed by atoms with Gasteiger partial charge in [-0.3, -0.25) is 4.79 Å². The van der Waals surface area contributed by atoms with Crippen molar-refractivity contribution in [3.8, 4) is 0 Å². The zero-order chi connectivity index (χ0) is 18.0. The minimum atomic E-state index is -0.207. The van der Waals surface area contributed by atoms with Crippen LogP contribution >= 0.6 is 11.3 Å². The topological polar surface area (TPSA) is 42.0 Å². The average Bonchev–Trinajstić information content (AvgIpc) is 2.95. The van der Waals surface area contributed by atoms with Crippen molar-refractivity contribution in [3.05, 3.63) is 59.2 Å². The second-order valence-electron chi connectivity index (χ2n) is 7.04.